The Labute approximate surface area is 71.9 Å². The third kappa shape index (κ3) is 4.82. The normalized spacial score (nSPS) is 11.9. The topological polar surface area (TPSA) is 114 Å². The molecule has 0 heterocycles. The molecular formula is C5H16N3O3P. The molecule has 0 aromatic heterocycles. The van der Waals surface area contributed by atoms with Gasteiger partial charge in [0.05, 0.1) is 19.5 Å². The van der Waals surface area contributed by atoms with Gasteiger partial charge in [-0.2, -0.15) is 0 Å². The van der Waals surface area contributed by atoms with Crippen molar-refractivity contribution < 1.29 is 13.6 Å². The molecule has 74 valence electrons. The molecule has 12 heavy (non-hydrogen) atoms. The lowest BCUT2D eigenvalue weighted by molar-refractivity contribution is 0.213. The van der Waals surface area contributed by atoms with Crippen LogP contribution in [0.3, 0.4) is 0 Å². The van der Waals surface area contributed by atoms with Crippen molar-refractivity contribution in [2.75, 3.05) is 32.6 Å². The second-order valence-electron chi connectivity index (χ2n) is 2.04. The van der Waals surface area contributed by atoms with Gasteiger partial charge in [0.1, 0.15) is 0 Å². The highest BCUT2D eigenvalue weighted by molar-refractivity contribution is 7.53. The molecule has 0 unspecified atom stereocenters. The van der Waals surface area contributed by atoms with Gasteiger partial charge in [-0.3, -0.25) is 4.57 Å². The van der Waals surface area contributed by atoms with Crippen LogP contribution in [0.2, 0.25) is 0 Å². The quantitative estimate of drug-likeness (QED) is 0.453. The van der Waals surface area contributed by atoms with E-state index in [-0.39, 0.29) is 32.6 Å². The van der Waals surface area contributed by atoms with E-state index in [0.29, 0.717) is 0 Å². The van der Waals surface area contributed by atoms with Gasteiger partial charge in [-0.1, -0.05) is 0 Å². The second kappa shape index (κ2) is 6.54. The molecule has 7 heteroatoms. The second-order valence-corrected chi connectivity index (χ2v) is 4.14. The Kier molecular flexibility index (Phi) is 6.55. The molecule has 0 rings (SSSR count). The average molecular weight is 197 g/mol. The van der Waals surface area contributed by atoms with Crippen LogP contribution in [0.15, 0.2) is 0 Å². The van der Waals surface area contributed by atoms with Crippen molar-refractivity contribution >= 4 is 7.60 Å². The molecule has 0 radical (unpaired) electrons. The lowest BCUT2D eigenvalue weighted by atomic mass is 10.8. The fraction of sp³-hybridized carbons (Fsp3) is 1.00. The van der Waals surface area contributed by atoms with Gasteiger partial charge in [0.25, 0.3) is 0 Å². The van der Waals surface area contributed by atoms with E-state index in [9.17, 15) is 4.57 Å². The minimum atomic E-state index is -3.12. The summed E-state index contributed by atoms with van der Waals surface area (Å²) in [5.74, 6) is 0. The zero-order valence-electron chi connectivity index (χ0n) is 6.94. The zero-order valence-corrected chi connectivity index (χ0v) is 7.83. The van der Waals surface area contributed by atoms with Crippen LogP contribution in [0.4, 0.5) is 0 Å². The first-order valence-electron chi connectivity index (χ1n) is 3.67. The maximum Gasteiger partial charge on any atom is 0.344 e. The summed E-state index contributed by atoms with van der Waals surface area (Å²) in [6.07, 6.45) is -0.146. The number of nitrogens with two attached hydrogens (primary N) is 3. The van der Waals surface area contributed by atoms with Crippen LogP contribution in [0, 0.1) is 0 Å². The van der Waals surface area contributed by atoms with Gasteiger partial charge in [0, 0.05) is 13.1 Å². The molecule has 0 bridgehead atoms. The summed E-state index contributed by atoms with van der Waals surface area (Å²) >= 11 is 0. The van der Waals surface area contributed by atoms with Crippen molar-refractivity contribution in [1.29, 1.82) is 0 Å². The summed E-state index contributed by atoms with van der Waals surface area (Å²) in [7, 11) is -3.12. The Bertz CT molecular complexity index is 143. The first kappa shape index (κ1) is 12.0. The van der Waals surface area contributed by atoms with Crippen LogP contribution in [0.5, 0.6) is 0 Å². The summed E-state index contributed by atoms with van der Waals surface area (Å²) in [5, 5.41) is 0. The fourth-order valence-electron chi connectivity index (χ4n) is 0.526. The molecule has 6 nitrogen and oxygen atoms in total. The van der Waals surface area contributed by atoms with Gasteiger partial charge >= 0.3 is 7.60 Å². The zero-order chi connectivity index (χ0) is 9.45. The molecule has 0 atom stereocenters. The van der Waals surface area contributed by atoms with Crippen molar-refractivity contribution in [3.63, 3.8) is 0 Å². The molecule has 0 saturated heterocycles. The van der Waals surface area contributed by atoms with Crippen molar-refractivity contribution in [3.8, 4) is 0 Å². The summed E-state index contributed by atoms with van der Waals surface area (Å²) in [5.41, 5.74) is 15.5. The highest BCUT2D eigenvalue weighted by atomic mass is 31.2. The van der Waals surface area contributed by atoms with Crippen molar-refractivity contribution in [2.24, 2.45) is 17.2 Å². The lowest BCUT2D eigenvalue weighted by Gasteiger charge is -2.15. The Hall–Kier alpha value is 0.0300. The third-order valence-corrected chi connectivity index (χ3v) is 2.63. The monoisotopic (exact) mass is 197 g/mol. The predicted octanol–water partition coefficient (Wildman–Crippen LogP) is -0.954. The van der Waals surface area contributed by atoms with E-state index in [0.717, 1.165) is 0 Å². The van der Waals surface area contributed by atoms with Crippen LogP contribution in [0.1, 0.15) is 0 Å². The minimum absolute atomic E-state index is 0.146. The van der Waals surface area contributed by atoms with E-state index in [1.54, 1.807) is 0 Å². The Morgan fingerprint density at radius 3 is 1.67 bits per heavy atom. The SMILES string of the molecule is NCCOP(=O)(CN)OCCN. The van der Waals surface area contributed by atoms with Crippen molar-refractivity contribution in [3.05, 3.63) is 0 Å². The van der Waals surface area contributed by atoms with Gasteiger partial charge in [-0.05, 0) is 0 Å². The Morgan fingerprint density at radius 2 is 1.42 bits per heavy atom. The summed E-state index contributed by atoms with van der Waals surface area (Å²) in [6, 6.07) is 0. The van der Waals surface area contributed by atoms with Gasteiger partial charge in [0.2, 0.25) is 0 Å². The molecule has 0 aliphatic rings. The standard InChI is InChI=1S/C5H16N3O3P/c6-1-3-10-12(9,5-8)11-4-2-7/h1-8H2. The van der Waals surface area contributed by atoms with Gasteiger partial charge in [0.15, 0.2) is 0 Å². The molecule has 0 fully saturated rings. The molecular weight excluding hydrogens is 181 g/mol. The molecule has 0 amide bonds. The number of hydrogen-bond donors (Lipinski definition) is 3. The first-order valence-corrected chi connectivity index (χ1v) is 5.39. The number of hydrogen-bond acceptors (Lipinski definition) is 6. The third-order valence-electron chi connectivity index (χ3n) is 1.04. The van der Waals surface area contributed by atoms with Crippen LogP contribution in [-0.2, 0) is 13.6 Å². The molecule has 0 saturated carbocycles. The fourth-order valence-corrected chi connectivity index (χ4v) is 1.58. The molecule has 0 aliphatic carbocycles. The predicted molar refractivity (Wildman–Crippen MR) is 46.7 cm³/mol. The first-order chi connectivity index (χ1) is 5.68. The Morgan fingerprint density at radius 1 is 1.00 bits per heavy atom. The number of rotatable bonds is 7. The van der Waals surface area contributed by atoms with E-state index in [1.807, 2.05) is 0 Å². The smallest absolute Gasteiger partial charge is 0.328 e. The summed E-state index contributed by atoms with van der Waals surface area (Å²) < 4.78 is 21.1. The summed E-state index contributed by atoms with van der Waals surface area (Å²) in [4.78, 5) is 0. The maximum absolute atomic E-state index is 11.4. The highest BCUT2D eigenvalue weighted by Crippen LogP contribution is 2.45. The molecule has 0 aliphatic heterocycles. The maximum atomic E-state index is 11.4. The molecule has 0 aromatic carbocycles. The minimum Gasteiger partial charge on any atom is -0.328 e. The van der Waals surface area contributed by atoms with E-state index in [4.69, 9.17) is 26.2 Å². The van der Waals surface area contributed by atoms with Gasteiger partial charge < -0.3 is 26.2 Å². The van der Waals surface area contributed by atoms with E-state index >= 15 is 0 Å². The van der Waals surface area contributed by atoms with E-state index in [1.165, 1.54) is 0 Å². The van der Waals surface area contributed by atoms with Crippen LogP contribution in [-0.4, -0.2) is 32.6 Å². The van der Waals surface area contributed by atoms with Crippen LogP contribution in [0.25, 0.3) is 0 Å². The van der Waals surface area contributed by atoms with Gasteiger partial charge in [-0.15, -0.1) is 0 Å². The van der Waals surface area contributed by atoms with E-state index in [2.05, 4.69) is 0 Å². The largest absolute Gasteiger partial charge is 0.344 e. The average Bonchev–Trinajstić information content (AvgIpc) is 2.11. The molecule has 0 spiro atoms. The van der Waals surface area contributed by atoms with E-state index < -0.39 is 7.60 Å². The molecule has 0 aromatic rings. The summed E-state index contributed by atoms with van der Waals surface area (Å²) in [6.45, 7) is 0.935. The van der Waals surface area contributed by atoms with Crippen LogP contribution < -0.4 is 17.2 Å². The van der Waals surface area contributed by atoms with Gasteiger partial charge in [-0.25, -0.2) is 0 Å². The Balaban J connectivity index is 3.79. The van der Waals surface area contributed by atoms with Crippen molar-refractivity contribution in [2.45, 2.75) is 0 Å². The molecule has 6 N–H and O–H groups in total. The van der Waals surface area contributed by atoms with Crippen LogP contribution >= 0.6 is 7.60 Å². The highest BCUT2D eigenvalue weighted by Gasteiger charge is 2.21. The lowest BCUT2D eigenvalue weighted by Crippen LogP contribution is -2.15. The van der Waals surface area contributed by atoms with Crippen molar-refractivity contribution in [1.82, 2.24) is 0 Å².